The van der Waals surface area contributed by atoms with Crippen LogP contribution in [-0.4, -0.2) is 32.2 Å². The molecule has 4 aromatic rings. The first-order chi connectivity index (χ1) is 14.4. The highest BCUT2D eigenvalue weighted by molar-refractivity contribution is 7.07. The van der Waals surface area contributed by atoms with Gasteiger partial charge in [0.15, 0.2) is 5.82 Å². The molecule has 1 N–H and O–H groups in total. The van der Waals surface area contributed by atoms with E-state index in [-0.39, 0.29) is 23.9 Å². The Morgan fingerprint density at radius 3 is 2.77 bits per heavy atom. The second-order valence-electron chi connectivity index (χ2n) is 6.07. The van der Waals surface area contributed by atoms with E-state index >= 15 is 0 Å². The van der Waals surface area contributed by atoms with Gasteiger partial charge in [-0.05, 0) is 24.3 Å². The molecule has 30 heavy (non-hydrogen) atoms. The van der Waals surface area contributed by atoms with Crippen LogP contribution in [0.25, 0.3) is 22.3 Å². The van der Waals surface area contributed by atoms with Gasteiger partial charge >= 0.3 is 6.36 Å². The summed E-state index contributed by atoms with van der Waals surface area (Å²) in [6.45, 7) is 0. The summed E-state index contributed by atoms with van der Waals surface area (Å²) in [6.07, 6.45) is -3.43. The smallest absolute Gasteiger partial charge is 0.406 e. The molecular formula is C19H12F3N5O2S. The van der Waals surface area contributed by atoms with Gasteiger partial charge in [-0.25, -0.2) is 19.9 Å². The molecule has 3 heterocycles. The van der Waals surface area contributed by atoms with Crippen LogP contribution in [-0.2, 0) is 11.2 Å². The van der Waals surface area contributed by atoms with E-state index in [1.54, 1.807) is 29.1 Å². The Kier molecular flexibility index (Phi) is 5.27. The molecule has 1 amide bonds. The molecule has 0 saturated carbocycles. The third-order valence-corrected chi connectivity index (χ3v) is 4.56. The summed E-state index contributed by atoms with van der Waals surface area (Å²) in [5.74, 6) is -0.485. The molecule has 3 aromatic heterocycles. The minimum absolute atomic E-state index is 0.0749. The number of anilines is 1. The van der Waals surface area contributed by atoms with Gasteiger partial charge in [0.05, 0.1) is 28.8 Å². The number of hydrogen-bond acceptors (Lipinski definition) is 7. The van der Waals surface area contributed by atoms with Crippen LogP contribution in [0.2, 0.25) is 0 Å². The molecule has 0 aliphatic rings. The lowest BCUT2D eigenvalue weighted by Crippen LogP contribution is -2.17. The van der Waals surface area contributed by atoms with Crippen LogP contribution in [0.15, 0.2) is 53.6 Å². The van der Waals surface area contributed by atoms with Crippen LogP contribution >= 0.6 is 11.3 Å². The van der Waals surface area contributed by atoms with Gasteiger partial charge in [0.2, 0.25) is 5.91 Å². The maximum Gasteiger partial charge on any atom is 0.573 e. The fourth-order valence-electron chi connectivity index (χ4n) is 2.71. The molecule has 0 aliphatic carbocycles. The largest absolute Gasteiger partial charge is 0.573 e. The van der Waals surface area contributed by atoms with E-state index in [1.807, 2.05) is 0 Å². The first kappa shape index (κ1) is 19.7. The third kappa shape index (κ3) is 4.69. The number of nitrogens with one attached hydrogen (secondary N) is 1. The number of carbonyl (C=O) groups excluding carboxylic acids is 1. The molecule has 0 saturated heterocycles. The standard InChI is InChI=1S/C19H12F3N5O2S/c20-19(21,22)29-13-3-1-2-11(6-13)14-4-5-15-17(26-14)18(24-9-23-15)27-16(28)7-12-8-30-10-25-12/h1-6,8-10H,7H2,(H,23,24,27,28). The van der Waals surface area contributed by atoms with Gasteiger partial charge < -0.3 is 10.1 Å². The molecule has 1 aromatic carbocycles. The number of nitrogens with zero attached hydrogens (tertiary/aromatic N) is 4. The number of aromatic nitrogens is 4. The van der Waals surface area contributed by atoms with Crippen molar-refractivity contribution in [3.05, 3.63) is 59.3 Å². The highest BCUT2D eigenvalue weighted by Crippen LogP contribution is 2.29. The topological polar surface area (TPSA) is 89.9 Å². The summed E-state index contributed by atoms with van der Waals surface area (Å²) in [6, 6.07) is 8.72. The summed E-state index contributed by atoms with van der Waals surface area (Å²) in [4.78, 5) is 29.0. The molecule has 152 valence electrons. The van der Waals surface area contributed by atoms with Crippen molar-refractivity contribution in [2.75, 3.05) is 5.32 Å². The van der Waals surface area contributed by atoms with E-state index < -0.39 is 6.36 Å². The fourth-order valence-corrected chi connectivity index (χ4v) is 3.27. The lowest BCUT2D eigenvalue weighted by molar-refractivity contribution is -0.274. The summed E-state index contributed by atoms with van der Waals surface area (Å²) >= 11 is 1.38. The third-order valence-electron chi connectivity index (χ3n) is 3.93. The molecule has 11 heteroatoms. The Morgan fingerprint density at radius 2 is 2.00 bits per heavy atom. The van der Waals surface area contributed by atoms with Gasteiger partial charge in [0.25, 0.3) is 0 Å². The van der Waals surface area contributed by atoms with Crippen LogP contribution in [0, 0.1) is 0 Å². The SMILES string of the molecule is O=C(Cc1cscn1)Nc1ncnc2ccc(-c3cccc(OC(F)(F)F)c3)nc12. The molecule has 0 aliphatic heterocycles. The molecule has 7 nitrogen and oxygen atoms in total. The van der Waals surface area contributed by atoms with Crippen LogP contribution in [0.3, 0.4) is 0 Å². The number of hydrogen-bond donors (Lipinski definition) is 1. The molecular weight excluding hydrogens is 419 g/mol. The zero-order valence-corrected chi connectivity index (χ0v) is 15.9. The van der Waals surface area contributed by atoms with Crippen molar-refractivity contribution in [3.8, 4) is 17.0 Å². The number of ether oxygens (including phenoxy) is 1. The van der Waals surface area contributed by atoms with Crippen molar-refractivity contribution >= 4 is 34.1 Å². The van der Waals surface area contributed by atoms with E-state index in [0.29, 0.717) is 28.0 Å². The zero-order valence-electron chi connectivity index (χ0n) is 15.1. The molecule has 0 spiro atoms. The number of fused-ring (bicyclic) bond motifs is 1. The predicted molar refractivity (Wildman–Crippen MR) is 104 cm³/mol. The zero-order chi connectivity index (χ0) is 21.1. The monoisotopic (exact) mass is 431 g/mol. The second kappa shape index (κ2) is 8.03. The first-order valence-electron chi connectivity index (χ1n) is 8.52. The first-order valence-corrected chi connectivity index (χ1v) is 9.46. The molecule has 0 fully saturated rings. The quantitative estimate of drug-likeness (QED) is 0.509. The lowest BCUT2D eigenvalue weighted by Gasteiger charge is -2.11. The Balaban J connectivity index is 1.64. The normalized spacial score (nSPS) is 11.4. The maximum atomic E-state index is 12.5. The Morgan fingerprint density at radius 1 is 1.13 bits per heavy atom. The lowest BCUT2D eigenvalue weighted by atomic mass is 10.1. The molecule has 0 atom stereocenters. The van der Waals surface area contributed by atoms with Crippen molar-refractivity contribution in [3.63, 3.8) is 0 Å². The van der Waals surface area contributed by atoms with Crippen LogP contribution in [0.4, 0.5) is 19.0 Å². The average Bonchev–Trinajstić information content (AvgIpc) is 3.20. The van der Waals surface area contributed by atoms with Crippen molar-refractivity contribution in [2.24, 2.45) is 0 Å². The van der Waals surface area contributed by atoms with Crippen molar-refractivity contribution < 1.29 is 22.7 Å². The van der Waals surface area contributed by atoms with Crippen molar-refractivity contribution in [2.45, 2.75) is 12.8 Å². The van der Waals surface area contributed by atoms with Crippen LogP contribution < -0.4 is 10.1 Å². The number of benzene rings is 1. The van der Waals surface area contributed by atoms with Crippen LogP contribution in [0.1, 0.15) is 5.69 Å². The number of amides is 1. The number of rotatable bonds is 5. The molecule has 4 rings (SSSR count). The van der Waals surface area contributed by atoms with E-state index in [4.69, 9.17) is 0 Å². The number of carbonyl (C=O) groups is 1. The summed E-state index contributed by atoms with van der Waals surface area (Å²) < 4.78 is 41.4. The van der Waals surface area contributed by atoms with Gasteiger partial charge in [-0.3, -0.25) is 4.79 Å². The Labute approximate surface area is 171 Å². The number of thiazole rings is 1. The van der Waals surface area contributed by atoms with Crippen molar-refractivity contribution in [1.82, 2.24) is 19.9 Å². The Bertz CT molecular complexity index is 1200. The van der Waals surface area contributed by atoms with Gasteiger partial charge in [-0.15, -0.1) is 24.5 Å². The summed E-state index contributed by atoms with van der Waals surface area (Å²) in [5, 5.41) is 4.45. The molecule has 0 bridgehead atoms. The minimum atomic E-state index is -4.79. The summed E-state index contributed by atoms with van der Waals surface area (Å²) in [5.41, 5.74) is 3.82. The summed E-state index contributed by atoms with van der Waals surface area (Å²) in [7, 11) is 0. The minimum Gasteiger partial charge on any atom is -0.406 e. The van der Waals surface area contributed by atoms with Gasteiger partial charge in [0, 0.05) is 10.9 Å². The maximum absolute atomic E-state index is 12.5. The molecule has 0 unspecified atom stereocenters. The van der Waals surface area contributed by atoms with E-state index in [9.17, 15) is 18.0 Å². The predicted octanol–water partition coefficient (Wildman–Crippen LogP) is 4.23. The van der Waals surface area contributed by atoms with Gasteiger partial charge in [0.1, 0.15) is 17.6 Å². The number of alkyl halides is 3. The van der Waals surface area contributed by atoms with Crippen molar-refractivity contribution in [1.29, 1.82) is 0 Å². The second-order valence-corrected chi connectivity index (χ2v) is 6.79. The fraction of sp³-hybridized carbons (Fsp3) is 0.105. The number of pyridine rings is 1. The highest BCUT2D eigenvalue weighted by atomic mass is 32.1. The molecule has 0 radical (unpaired) electrons. The van der Waals surface area contributed by atoms with E-state index in [2.05, 4.69) is 30.0 Å². The number of halogens is 3. The van der Waals surface area contributed by atoms with Crippen LogP contribution in [0.5, 0.6) is 5.75 Å². The van der Waals surface area contributed by atoms with E-state index in [0.717, 1.165) is 0 Å². The van der Waals surface area contributed by atoms with Gasteiger partial charge in [-0.1, -0.05) is 12.1 Å². The Hall–Kier alpha value is -3.60. The van der Waals surface area contributed by atoms with E-state index in [1.165, 1.54) is 35.9 Å². The highest BCUT2D eigenvalue weighted by Gasteiger charge is 2.31. The average molecular weight is 431 g/mol. The van der Waals surface area contributed by atoms with Gasteiger partial charge in [-0.2, -0.15) is 0 Å².